The molecule has 1 aromatic heterocycles. The van der Waals surface area contributed by atoms with Gasteiger partial charge in [-0.1, -0.05) is 18.2 Å². The monoisotopic (exact) mass is 351 g/mol. The standard InChI is InChI=1S/C18H22FN3O.ClH/c1-2-23-18-8-4-7-16(21-18)13-22-10-9-20-12-17(22)14-5-3-6-15(19)11-14;/h3-8,11,17,20H,2,9-10,12-13H2,1H3;1H. The van der Waals surface area contributed by atoms with Crippen molar-refractivity contribution < 1.29 is 9.13 Å². The SMILES string of the molecule is CCOc1cccc(CN2CCNCC2c2cccc(F)c2)n1.Cl. The van der Waals surface area contributed by atoms with Crippen LogP contribution in [0.1, 0.15) is 24.2 Å². The third-order valence-electron chi connectivity index (χ3n) is 4.03. The van der Waals surface area contributed by atoms with E-state index in [1.807, 2.05) is 31.2 Å². The molecule has 2 aromatic rings. The first-order chi connectivity index (χ1) is 11.3. The molecule has 130 valence electrons. The lowest BCUT2D eigenvalue weighted by molar-refractivity contribution is 0.151. The molecule has 0 aliphatic carbocycles. The second kappa shape index (κ2) is 8.97. The Labute approximate surface area is 148 Å². The zero-order valence-electron chi connectivity index (χ0n) is 13.7. The number of pyridine rings is 1. The summed E-state index contributed by atoms with van der Waals surface area (Å²) in [6, 6.07) is 12.8. The zero-order chi connectivity index (χ0) is 16.1. The Bertz CT molecular complexity index is 656. The average molecular weight is 352 g/mol. The molecule has 1 N–H and O–H groups in total. The molecule has 1 aromatic carbocycles. The molecule has 0 bridgehead atoms. The van der Waals surface area contributed by atoms with Gasteiger partial charge in [0.15, 0.2) is 0 Å². The lowest BCUT2D eigenvalue weighted by Gasteiger charge is -2.36. The molecule has 1 saturated heterocycles. The molecular formula is C18H23ClFN3O. The first-order valence-corrected chi connectivity index (χ1v) is 8.05. The van der Waals surface area contributed by atoms with Gasteiger partial charge in [0, 0.05) is 38.3 Å². The molecule has 1 aliphatic heterocycles. The largest absolute Gasteiger partial charge is 0.478 e. The van der Waals surface area contributed by atoms with Crippen LogP contribution in [0.15, 0.2) is 42.5 Å². The van der Waals surface area contributed by atoms with Crippen molar-refractivity contribution in [3.05, 3.63) is 59.5 Å². The molecule has 1 fully saturated rings. The van der Waals surface area contributed by atoms with Crippen molar-refractivity contribution in [2.45, 2.75) is 19.5 Å². The molecule has 0 amide bonds. The van der Waals surface area contributed by atoms with Crippen molar-refractivity contribution in [1.29, 1.82) is 0 Å². The summed E-state index contributed by atoms with van der Waals surface area (Å²) in [4.78, 5) is 6.88. The minimum atomic E-state index is -0.190. The van der Waals surface area contributed by atoms with E-state index in [0.29, 0.717) is 12.5 Å². The first kappa shape index (κ1) is 18.6. The number of hydrogen-bond acceptors (Lipinski definition) is 4. The third kappa shape index (κ3) is 4.66. The number of benzene rings is 1. The third-order valence-corrected chi connectivity index (χ3v) is 4.03. The van der Waals surface area contributed by atoms with E-state index in [4.69, 9.17) is 4.74 Å². The van der Waals surface area contributed by atoms with E-state index >= 15 is 0 Å². The number of nitrogens with zero attached hydrogens (tertiary/aromatic N) is 2. The molecule has 2 heterocycles. The summed E-state index contributed by atoms with van der Waals surface area (Å²) >= 11 is 0. The number of ether oxygens (including phenoxy) is 1. The maximum Gasteiger partial charge on any atom is 0.213 e. The van der Waals surface area contributed by atoms with Gasteiger partial charge in [-0.05, 0) is 30.7 Å². The molecule has 0 saturated carbocycles. The maximum absolute atomic E-state index is 13.5. The summed E-state index contributed by atoms with van der Waals surface area (Å²) in [6.45, 7) is 5.93. The van der Waals surface area contributed by atoms with Crippen molar-refractivity contribution in [2.24, 2.45) is 0 Å². The van der Waals surface area contributed by atoms with Crippen LogP contribution < -0.4 is 10.1 Å². The number of rotatable bonds is 5. The highest BCUT2D eigenvalue weighted by Gasteiger charge is 2.24. The lowest BCUT2D eigenvalue weighted by atomic mass is 10.0. The molecule has 0 radical (unpaired) electrons. The molecular weight excluding hydrogens is 329 g/mol. The van der Waals surface area contributed by atoms with Crippen LogP contribution in [-0.4, -0.2) is 36.1 Å². The average Bonchev–Trinajstić information content (AvgIpc) is 2.56. The van der Waals surface area contributed by atoms with Crippen molar-refractivity contribution in [2.75, 3.05) is 26.2 Å². The van der Waals surface area contributed by atoms with Gasteiger partial charge in [0.05, 0.1) is 12.3 Å². The van der Waals surface area contributed by atoms with Gasteiger partial charge in [-0.25, -0.2) is 9.37 Å². The number of piperazine rings is 1. The van der Waals surface area contributed by atoms with Gasteiger partial charge < -0.3 is 10.1 Å². The maximum atomic E-state index is 13.5. The van der Waals surface area contributed by atoms with Crippen LogP contribution in [-0.2, 0) is 6.54 Å². The van der Waals surface area contributed by atoms with E-state index in [1.54, 1.807) is 12.1 Å². The van der Waals surface area contributed by atoms with Gasteiger partial charge in [-0.2, -0.15) is 0 Å². The summed E-state index contributed by atoms with van der Waals surface area (Å²) in [6.07, 6.45) is 0. The Morgan fingerprint density at radius 1 is 1.29 bits per heavy atom. The minimum absolute atomic E-state index is 0. The van der Waals surface area contributed by atoms with E-state index in [-0.39, 0.29) is 24.3 Å². The second-order valence-electron chi connectivity index (χ2n) is 5.65. The van der Waals surface area contributed by atoms with Gasteiger partial charge in [0.1, 0.15) is 5.82 Å². The Hall–Kier alpha value is -1.69. The van der Waals surface area contributed by atoms with Crippen molar-refractivity contribution in [1.82, 2.24) is 15.2 Å². The molecule has 1 atom stereocenters. The van der Waals surface area contributed by atoms with Crippen LogP contribution in [0.4, 0.5) is 4.39 Å². The number of aromatic nitrogens is 1. The molecule has 1 aliphatic rings. The van der Waals surface area contributed by atoms with Crippen molar-refractivity contribution >= 4 is 12.4 Å². The summed E-state index contributed by atoms with van der Waals surface area (Å²) in [5.41, 5.74) is 1.97. The predicted molar refractivity (Wildman–Crippen MR) is 95.1 cm³/mol. The Morgan fingerprint density at radius 3 is 2.92 bits per heavy atom. The van der Waals surface area contributed by atoms with Gasteiger partial charge >= 0.3 is 0 Å². The zero-order valence-corrected chi connectivity index (χ0v) is 14.6. The molecule has 1 unspecified atom stereocenters. The van der Waals surface area contributed by atoms with Crippen LogP contribution >= 0.6 is 12.4 Å². The summed E-state index contributed by atoms with van der Waals surface area (Å²) < 4.78 is 19.0. The van der Waals surface area contributed by atoms with E-state index < -0.39 is 0 Å². The van der Waals surface area contributed by atoms with Gasteiger partial charge in [-0.3, -0.25) is 4.90 Å². The number of nitrogens with one attached hydrogen (secondary N) is 1. The van der Waals surface area contributed by atoms with Crippen LogP contribution in [0.25, 0.3) is 0 Å². The fraction of sp³-hybridized carbons (Fsp3) is 0.389. The lowest BCUT2D eigenvalue weighted by Crippen LogP contribution is -2.45. The van der Waals surface area contributed by atoms with Crippen molar-refractivity contribution in [3.63, 3.8) is 0 Å². The van der Waals surface area contributed by atoms with Crippen LogP contribution in [0.5, 0.6) is 5.88 Å². The van der Waals surface area contributed by atoms with E-state index in [0.717, 1.165) is 37.4 Å². The molecule has 6 heteroatoms. The van der Waals surface area contributed by atoms with Crippen molar-refractivity contribution in [3.8, 4) is 5.88 Å². The van der Waals surface area contributed by atoms with E-state index in [9.17, 15) is 4.39 Å². The predicted octanol–water partition coefficient (Wildman–Crippen LogP) is 3.19. The topological polar surface area (TPSA) is 37.4 Å². The van der Waals surface area contributed by atoms with Gasteiger partial charge in [0.25, 0.3) is 0 Å². The van der Waals surface area contributed by atoms with Crippen LogP contribution in [0.3, 0.4) is 0 Å². The summed E-state index contributed by atoms with van der Waals surface area (Å²) in [5.74, 6) is 0.465. The molecule has 0 spiro atoms. The summed E-state index contributed by atoms with van der Waals surface area (Å²) in [5, 5.41) is 3.39. The molecule has 24 heavy (non-hydrogen) atoms. The Kier molecular flexibility index (Phi) is 6.97. The first-order valence-electron chi connectivity index (χ1n) is 8.05. The second-order valence-corrected chi connectivity index (χ2v) is 5.65. The fourth-order valence-corrected chi connectivity index (χ4v) is 2.96. The van der Waals surface area contributed by atoms with Crippen LogP contribution in [0.2, 0.25) is 0 Å². The van der Waals surface area contributed by atoms with Crippen LogP contribution in [0, 0.1) is 5.82 Å². The highest BCUT2D eigenvalue weighted by Crippen LogP contribution is 2.24. The van der Waals surface area contributed by atoms with E-state index in [1.165, 1.54) is 6.07 Å². The fourth-order valence-electron chi connectivity index (χ4n) is 2.96. The summed E-state index contributed by atoms with van der Waals surface area (Å²) in [7, 11) is 0. The quantitative estimate of drug-likeness (QED) is 0.897. The molecule has 4 nitrogen and oxygen atoms in total. The number of halogens is 2. The number of hydrogen-bond donors (Lipinski definition) is 1. The highest BCUT2D eigenvalue weighted by molar-refractivity contribution is 5.85. The van der Waals surface area contributed by atoms with E-state index in [2.05, 4.69) is 15.2 Å². The Morgan fingerprint density at radius 2 is 2.12 bits per heavy atom. The van der Waals surface area contributed by atoms with Gasteiger partial charge in [-0.15, -0.1) is 12.4 Å². The highest BCUT2D eigenvalue weighted by atomic mass is 35.5. The molecule has 3 rings (SSSR count). The van der Waals surface area contributed by atoms with Gasteiger partial charge in [0.2, 0.25) is 5.88 Å². The minimum Gasteiger partial charge on any atom is -0.478 e. The normalized spacial score (nSPS) is 18.0. The smallest absolute Gasteiger partial charge is 0.213 e. The Balaban J connectivity index is 0.00000208.